The number of nitrogens with zero attached hydrogens (tertiary/aromatic N) is 1. The van der Waals surface area contributed by atoms with Crippen molar-refractivity contribution < 1.29 is 14.6 Å². The van der Waals surface area contributed by atoms with E-state index in [-0.39, 0.29) is 24.5 Å². The number of hydrogen-bond acceptors (Lipinski definition) is 4. The van der Waals surface area contributed by atoms with Gasteiger partial charge >= 0.3 is 0 Å². The summed E-state index contributed by atoms with van der Waals surface area (Å²) in [5.74, 6) is -0.00976. The van der Waals surface area contributed by atoms with Crippen LogP contribution in [0.3, 0.4) is 0 Å². The Bertz CT molecular complexity index is 315. The van der Waals surface area contributed by atoms with Gasteiger partial charge in [0, 0.05) is 13.7 Å². The van der Waals surface area contributed by atoms with E-state index in [1.54, 1.807) is 0 Å². The van der Waals surface area contributed by atoms with Crippen molar-refractivity contribution in [3.63, 3.8) is 0 Å². The van der Waals surface area contributed by atoms with Gasteiger partial charge in [0.25, 0.3) is 0 Å². The molecule has 0 saturated carbocycles. The van der Waals surface area contributed by atoms with Crippen LogP contribution in [0.25, 0.3) is 0 Å². The zero-order chi connectivity index (χ0) is 13.2. The van der Waals surface area contributed by atoms with Crippen LogP contribution >= 0.6 is 0 Å². The lowest BCUT2D eigenvalue weighted by molar-refractivity contribution is -0.140. The average Bonchev–Trinajstić information content (AvgIpc) is 2.65. The summed E-state index contributed by atoms with van der Waals surface area (Å²) in [6.45, 7) is 4.88. The topological polar surface area (TPSA) is 61.8 Å². The molecule has 0 aliphatic carbocycles. The van der Waals surface area contributed by atoms with Gasteiger partial charge in [0.05, 0.1) is 12.1 Å². The van der Waals surface area contributed by atoms with Crippen LogP contribution in [-0.4, -0.2) is 61.4 Å². The van der Waals surface area contributed by atoms with Gasteiger partial charge in [-0.3, -0.25) is 4.79 Å². The number of carbonyl (C=O) groups excluding carboxylic acids is 1. The van der Waals surface area contributed by atoms with Crippen LogP contribution < -0.4 is 5.32 Å². The van der Waals surface area contributed by atoms with E-state index in [0.717, 1.165) is 38.9 Å². The van der Waals surface area contributed by atoms with Crippen molar-refractivity contribution in [1.82, 2.24) is 10.2 Å². The molecular weight excluding hydrogens is 232 g/mol. The predicted octanol–water partition coefficient (Wildman–Crippen LogP) is -0.0141. The molecule has 2 aliphatic heterocycles. The minimum atomic E-state index is -0.424. The molecule has 5 heteroatoms. The molecule has 0 bridgehead atoms. The van der Waals surface area contributed by atoms with Crippen molar-refractivity contribution in [2.24, 2.45) is 5.41 Å². The summed E-state index contributed by atoms with van der Waals surface area (Å²) in [6, 6.07) is 0. The number of carbonyl (C=O) groups is 1. The quantitative estimate of drug-likeness (QED) is 0.745. The number of hydrogen-bond donors (Lipinski definition) is 2. The number of ether oxygens (including phenoxy) is 1. The van der Waals surface area contributed by atoms with Crippen LogP contribution in [0.1, 0.15) is 26.2 Å². The largest absolute Gasteiger partial charge is 0.394 e. The molecular formula is C13H24N2O3. The first kappa shape index (κ1) is 13.8. The summed E-state index contributed by atoms with van der Waals surface area (Å²) in [5.41, 5.74) is -0.237. The molecule has 18 heavy (non-hydrogen) atoms. The Morgan fingerprint density at radius 2 is 2.11 bits per heavy atom. The van der Waals surface area contributed by atoms with E-state index < -0.39 is 5.54 Å². The summed E-state index contributed by atoms with van der Waals surface area (Å²) < 4.78 is 4.94. The van der Waals surface area contributed by atoms with E-state index in [4.69, 9.17) is 4.74 Å². The van der Waals surface area contributed by atoms with Crippen LogP contribution in [0.2, 0.25) is 0 Å². The third-order valence-corrected chi connectivity index (χ3v) is 4.47. The third-order valence-electron chi connectivity index (χ3n) is 4.47. The molecule has 0 unspecified atom stereocenters. The van der Waals surface area contributed by atoms with Crippen LogP contribution in [0, 0.1) is 5.41 Å². The van der Waals surface area contributed by atoms with Gasteiger partial charge in [0.2, 0.25) is 5.91 Å². The second-order valence-corrected chi connectivity index (χ2v) is 5.99. The summed E-state index contributed by atoms with van der Waals surface area (Å²) in [6.07, 6.45) is 3.06. The first-order valence-electron chi connectivity index (χ1n) is 6.66. The average molecular weight is 256 g/mol. The van der Waals surface area contributed by atoms with Crippen molar-refractivity contribution in [3.05, 3.63) is 0 Å². The molecule has 5 nitrogen and oxygen atoms in total. The zero-order valence-corrected chi connectivity index (χ0v) is 11.4. The molecule has 2 rings (SSSR count). The molecule has 0 radical (unpaired) electrons. The van der Waals surface area contributed by atoms with Gasteiger partial charge in [-0.05, 0) is 44.7 Å². The van der Waals surface area contributed by atoms with Crippen molar-refractivity contribution in [3.8, 4) is 0 Å². The minimum absolute atomic E-state index is 0.00976. The molecule has 2 aliphatic rings. The fraction of sp³-hybridized carbons (Fsp3) is 0.923. The molecule has 0 aromatic heterocycles. The van der Waals surface area contributed by atoms with Crippen LogP contribution in [-0.2, 0) is 9.53 Å². The monoisotopic (exact) mass is 256 g/mol. The molecule has 104 valence electrons. The van der Waals surface area contributed by atoms with Gasteiger partial charge in [-0.25, -0.2) is 0 Å². The Balaban J connectivity index is 2.15. The second-order valence-electron chi connectivity index (χ2n) is 5.99. The lowest BCUT2D eigenvalue weighted by Crippen LogP contribution is -2.49. The third kappa shape index (κ3) is 2.39. The number of methoxy groups -OCH3 is 1. The van der Waals surface area contributed by atoms with Gasteiger partial charge < -0.3 is 20.1 Å². The summed E-state index contributed by atoms with van der Waals surface area (Å²) in [5, 5.41) is 13.0. The van der Waals surface area contributed by atoms with E-state index in [9.17, 15) is 9.90 Å². The molecule has 1 spiro atoms. The van der Waals surface area contributed by atoms with Gasteiger partial charge in [-0.15, -0.1) is 0 Å². The van der Waals surface area contributed by atoms with Crippen molar-refractivity contribution in [2.45, 2.75) is 31.7 Å². The fourth-order valence-electron chi connectivity index (χ4n) is 3.51. The normalized spacial score (nSPS) is 30.9. The van der Waals surface area contributed by atoms with Crippen molar-refractivity contribution in [2.75, 3.05) is 40.0 Å². The number of aliphatic hydroxyl groups is 1. The highest BCUT2D eigenvalue weighted by Crippen LogP contribution is 2.46. The standard InChI is InChI=1S/C13H24N2O3/c1-12(10-16)8-13(3-5-14-6-4-13)9-15(12)11(17)7-18-2/h14,16H,3-10H2,1-2H3/t12-/m1/s1. The molecule has 0 aromatic rings. The summed E-state index contributed by atoms with van der Waals surface area (Å²) in [4.78, 5) is 14.0. The van der Waals surface area contributed by atoms with E-state index in [2.05, 4.69) is 5.32 Å². The lowest BCUT2D eigenvalue weighted by atomic mass is 9.75. The maximum Gasteiger partial charge on any atom is 0.249 e. The maximum absolute atomic E-state index is 12.1. The fourth-order valence-corrected chi connectivity index (χ4v) is 3.51. The van der Waals surface area contributed by atoms with Crippen molar-refractivity contribution >= 4 is 5.91 Å². The smallest absolute Gasteiger partial charge is 0.249 e. The Hall–Kier alpha value is -0.650. The highest BCUT2D eigenvalue weighted by Gasteiger charge is 2.52. The lowest BCUT2D eigenvalue weighted by Gasteiger charge is -2.33. The van der Waals surface area contributed by atoms with E-state index in [1.807, 2.05) is 11.8 Å². The van der Waals surface area contributed by atoms with Crippen LogP contribution in [0.4, 0.5) is 0 Å². The molecule has 2 saturated heterocycles. The Morgan fingerprint density at radius 1 is 1.44 bits per heavy atom. The highest BCUT2D eigenvalue weighted by molar-refractivity contribution is 5.78. The molecule has 0 aromatic carbocycles. The van der Waals surface area contributed by atoms with E-state index in [1.165, 1.54) is 7.11 Å². The van der Waals surface area contributed by atoms with Gasteiger partial charge in [-0.2, -0.15) is 0 Å². The number of rotatable bonds is 3. The number of amides is 1. The molecule has 1 atom stereocenters. The van der Waals surface area contributed by atoms with Gasteiger partial charge in [0.15, 0.2) is 0 Å². The maximum atomic E-state index is 12.1. The Kier molecular flexibility index (Phi) is 3.94. The minimum Gasteiger partial charge on any atom is -0.394 e. The first-order valence-corrected chi connectivity index (χ1v) is 6.66. The molecule has 2 N–H and O–H groups in total. The van der Waals surface area contributed by atoms with Gasteiger partial charge in [0.1, 0.15) is 6.61 Å². The highest BCUT2D eigenvalue weighted by atomic mass is 16.5. The Labute approximate surface area is 108 Å². The number of piperidine rings is 1. The summed E-state index contributed by atoms with van der Waals surface area (Å²) >= 11 is 0. The van der Waals surface area contributed by atoms with Crippen molar-refractivity contribution in [1.29, 1.82) is 0 Å². The first-order chi connectivity index (χ1) is 8.55. The van der Waals surface area contributed by atoms with Crippen LogP contribution in [0.5, 0.6) is 0 Å². The molecule has 1 amide bonds. The number of nitrogens with one attached hydrogen (secondary N) is 1. The number of likely N-dealkylation sites (tertiary alicyclic amines) is 1. The predicted molar refractivity (Wildman–Crippen MR) is 68.2 cm³/mol. The SMILES string of the molecule is COCC(=O)N1CC2(CCNCC2)C[C@]1(C)CO. The Morgan fingerprint density at radius 3 is 2.67 bits per heavy atom. The van der Waals surface area contributed by atoms with Gasteiger partial charge in [-0.1, -0.05) is 0 Å². The van der Waals surface area contributed by atoms with E-state index in [0.29, 0.717) is 0 Å². The van der Waals surface area contributed by atoms with E-state index >= 15 is 0 Å². The second kappa shape index (κ2) is 5.15. The summed E-state index contributed by atoms with van der Waals surface area (Å²) in [7, 11) is 1.53. The molecule has 2 heterocycles. The van der Waals surface area contributed by atoms with Crippen LogP contribution in [0.15, 0.2) is 0 Å². The zero-order valence-electron chi connectivity index (χ0n) is 11.4. The number of aliphatic hydroxyl groups excluding tert-OH is 1. The molecule has 2 fully saturated rings.